The number of piperazine rings is 1. The predicted molar refractivity (Wildman–Crippen MR) is 199 cm³/mol. The number of benzene rings is 2. The highest BCUT2D eigenvalue weighted by Crippen LogP contribution is 2.39. The second-order valence-corrected chi connectivity index (χ2v) is 20.6. The summed E-state index contributed by atoms with van der Waals surface area (Å²) in [6, 6.07) is 12.8. The van der Waals surface area contributed by atoms with E-state index < -0.39 is 31.5 Å². The standard InChI is InChI=1S/C37H47ClFN5O5Si/c1-23-22-42(35(47)49-36(2,3)4)18-19-43(23)32-25-21-26(38)31(30-27(39)14-12-16-29(30)45)40-33(25)44(34(46)41-32)28-15-11-10-13-24(28)17-20-48-50(8,9)37(5,6)7/h10-16,21,23,45H,17-20,22H2,1-9H3. The molecule has 0 bridgehead atoms. The summed E-state index contributed by atoms with van der Waals surface area (Å²) < 4.78 is 28.7. The number of pyridine rings is 1. The van der Waals surface area contributed by atoms with Crippen LogP contribution in [0.25, 0.3) is 28.0 Å². The number of anilines is 1. The maximum Gasteiger partial charge on any atom is 0.410 e. The van der Waals surface area contributed by atoms with Gasteiger partial charge in [0.15, 0.2) is 14.0 Å². The van der Waals surface area contributed by atoms with Gasteiger partial charge in [0.05, 0.1) is 27.4 Å². The van der Waals surface area contributed by atoms with E-state index in [0.29, 0.717) is 49.6 Å². The minimum atomic E-state index is -2.03. The van der Waals surface area contributed by atoms with Crippen LogP contribution in [0.4, 0.5) is 15.0 Å². The lowest BCUT2D eigenvalue weighted by Crippen LogP contribution is -2.55. The fourth-order valence-corrected chi connectivity index (χ4v) is 7.09. The number of amides is 1. The average molecular weight is 724 g/mol. The minimum absolute atomic E-state index is 0.0124. The molecule has 1 aliphatic rings. The van der Waals surface area contributed by atoms with E-state index in [-0.39, 0.29) is 38.8 Å². The van der Waals surface area contributed by atoms with Crippen molar-refractivity contribution < 1.29 is 23.5 Å². The Morgan fingerprint density at radius 3 is 2.40 bits per heavy atom. The zero-order valence-corrected chi connectivity index (χ0v) is 32.1. The first kappa shape index (κ1) is 37.3. The Morgan fingerprint density at radius 1 is 1.06 bits per heavy atom. The van der Waals surface area contributed by atoms with Crippen molar-refractivity contribution in [2.75, 3.05) is 31.1 Å². The molecule has 0 aliphatic carbocycles. The van der Waals surface area contributed by atoms with E-state index in [0.717, 1.165) is 5.56 Å². The van der Waals surface area contributed by atoms with Crippen molar-refractivity contribution in [3.63, 3.8) is 0 Å². The summed E-state index contributed by atoms with van der Waals surface area (Å²) in [4.78, 5) is 40.1. The molecule has 50 heavy (non-hydrogen) atoms. The highest BCUT2D eigenvalue weighted by Gasteiger charge is 2.37. The van der Waals surface area contributed by atoms with Crippen molar-refractivity contribution in [1.82, 2.24) is 19.4 Å². The number of hydrogen-bond donors (Lipinski definition) is 1. The third kappa shape index (κ3) is 7.67. The first-order valence-corrected chi connectivity index (χ1v) is 20.2. The Labute approximate surface area is 298 Å². The molecule has 1 N–H and O–H groups in total. The number of carbonyl (C=O) groups excluding carboxylic acids is 1. The number of nitrogens with zero attached hydrogens (tertiary/aromatic N) is 5. The maximum absolute atomic E-state index is 15.2. The molecule has 268 valence electrons. The van der Waals surface area contributed by atoms with Gasteiger partial charge in [0, 0.05) is 32.3 Å². The smallest absolute Gasteiger partial charge is 0.410 e. The summed E-state index contributed by atoms with van der Waals surface area (Å²) in [5.41, 5.74) is 0.179. The van der Waals surface area contributed by atoms with Crippen LogP contribution in [-0.2, 0) is 15.6 Å². The molecule has 1 saturated heterocycles. The quantitative estimate of drug-likeness (QED) is 0.191. The number of halogens is 2. The lowest BCUT2D eigenvalue weighted by molar-refractivity contribution is 0.0218. The number of phenolic OH excluding ortho intramolecular Hbond substituents is 1. The monoisotopic (exact) mass is 723 g/mol. The van der Waals surface area contributed by atoms with E-state index >= 15 is 4.39 Å². The number of phenols is 1. The van der Waals surface area contributed by atoms with Gasteiger partial charge in [-0.15, -0.1) is 0 Å². The minimum Gasteiger partial charge on any atom is -0.507 e. The SMILES string of the molecule is CC1CN(C(=O)OC(C)(C)C)CCN1c1nc(=O)n(-c2ccccc2CCO[Si](C)(C)C(C)(C)C)c2nc(-c3c(O)cccc3F)c(Cl)cc12. The van der Waals surface area contributed by atoms with Gasteiger partial charge in [0.25, 0.3) is 0 Å². The van der Waals surface area contributed by atoms with Gasteiger partial charge in [0.1, 0.15) is 23.0 Å². The van der Waals surface area contributed by atoms with E-state index in [1.165, 1.54) is 22.8 Å². The Morgan fingerprint density at radius 2 is 1.76 bits per heavy atom. The van der Waals surface area contributed by atoms with Gasteiger partial charge in [-0.1, -0.05) is 56.6 Å². The molecule has 0 radical (unpaired) electrons. The van der Waals surface area contributed by atoms with E-state index in [9.17, 15) is 14.7 Å². The third-order valence-electron chi connectivity index (χ3n) is 9.45. The molecular formula is C37H47ClFN5O5Si. The third-order valence-corrected chi connectivity index (χ3v) is 14.3. The van der Waals surface area contributed by atoms with Crippen LogP contribution in [0.5, 0.6) is 5.75 Å². The summed E-state index contributed by atoms with van der Waals surface area (Å²) in [7, 11) is -2.03. The van der Waals surface area contributed by atoms with Gasteiger partial charge in [-0.05, 0) is 82.1 Å². The first-order chi connectivity index (χ1) is 23.3. The molecule has 4 aromatic rings. The molecule has 3 heterocycles. The number of carbonyl (C=O) groups is 1. The fraction of sp³-hybridized carbons (Fsp3) is 0.459. The second kappa shape index (κ2) is 14.0. The Bertz CT molecular complexity index is 1950. The Kier molecular flexibility index (Phi) is 10.4. The van der Waals surface area contributed by atoms with Crippen LogP contribution in [0.2, 0.25) is 23.2 Å². The van der Waals surface area contributed by atoms with Crippen molar-refractivity contribution in [1.29, 1.82) is 0 Å². The molecule has 1 aliphatic heterocycles. The van der Waals surface area contributed by atoms with Crippen LogP contribution >= 0.6 is 11.6 Å². The van der Waals surface area contributed by atoms with Gasteiger partial charge in [-0.3, -0.25) is 0 Å². The van der Waals surface area contributed by atoms with E-state index in [4.69, 9.17) is 25.7 Å². The Hall–Kier alpha value is -4.00. The number of hydrogen-bond acceptors (Lipinski definition) is 8. The van der Waals surface area contributed by atoms with Crippen molar-refractivity contribution in [3.8, 4) is 22.7 Å². The number of aromatic hydroxyl groups is 1. The van der Waals surface area contributed by atoms with Crippen molar-refractivity contribution in [2.45, 2.75) is 84.7 Å². The van der Waals surface area contributed by atoms with Gasteiger partial charge in [-0.25, -0.2) is 23.5 Å². The van der Waals surface area contributed by atoms with Crippen molar-refractivity contribution in [2.24, 2.45) is 0 Å². The van der Waals surface area contributed by atoms with Crippen molar-refractivity contribution in [3.05, 3.63) is 75.4 Å². The number of ether oxygens (including phenoxy) is 1. The van der Waals surface area contributed by atoms with Gasteiger partial charge in [-0.2, -0.15) is 4.98 Å². The van der Waals surface area contributed by atoms with E-state index in [1.807, 2.05) is 56.9 Å². The molecule has 1 unspecified atom stereocenters. The zero-order chi connectivity index (χ0) is 36.8. The fourth-order valence-electron chi connectivity index (χ4n) is 5.80. The molecule has 1 fully saturated rings. The molecule has 13 heteroatoms. The lowest BCUT2D eigenvalue weighted by atomic mass is 10.1. The number of para-hydroxylation sites is 1. The topological polar surface area (TPSA) is 110 Å². The first-order valence-electron chi connectivity index (χ1n) is 16.9. The Balaban J connectivity index is 1.65. The number of aromatic nitrogens is 3. The molecule has 2 aromatic carbocycles. The molecule has 1 amide bonds. The van der Waals surface area contributed by atoms with Crippen molar-refractivity contribution >= 4 is 42.9 Å². The summed E-state index contributed by atoms with van der Waals surface area (Å²) in [5.74, 6) is -0.705. The summed E-state index contributed by atoms with van der Waals surface area (Å²) in [5, 5.41) is 11.3. The molecular weight excluding hydrogens is 677 g/mol. The molecule has 10 nitrogen and oxygen atoms in total. The summed E-state index contributed by atoms with van der Waals surface area (Å²) in [6.45, 7) is 19.8. The average Bonchev–Trinajstić information content (AvgIpc) is 3.00. The van der Waals surface area contributed by atoms with Crippen LogP contribution in [0.1, 0.15) is 54.0 Å². The van der Waals surface area contributed by atoms with Crippen LogP contribution in [-0.4, -0.2) is 76.8 Å². The second-order valence-electron chi connectivity index (χ2n) is 15.3. The highest BCUT2D eigenvalue weighted by molar-refractivity contribution is 6.74. The van der Waals surface area contributed by atoms with Gasteiger partial charge >= 0.3 is 11.8 Å². The van der Waals surface area contributed by atoms with Gasteiger partial charge < -0.3 is 24.1 Å². The van der Waals surface area contributed by atoms with E-state index in [2.05, 4.69) is 38.8 Å². The molecule has 0 spiro atoms. The number of rotatable bonds is 7. The molecule has 1 atom stereocenters. The zero-order valence-electron chi connectivity index (χ0n) is 30.3. The van der Waals surface area contributed by atoms with E-state index in [1.54, 1.807) is 11.0 Å². The predicted octanol–water partition coefficient (Wildman–Crippen LogP) is 7.96. The summed E-state index contributed by atoms with van der Waals surface area (Å²) in [6.07, 6.45) is 0.113. The molecule has 2 aromatic heterocycles. The highest BCUT2D eigenvalue weighted by atomic mass is 35.5. The lowest BCUT2D eigenvalue weighted by Gasteiger charge is -2.41. The summed E-state index contributed by atoms with van der Waals surface area (Å²) >= 11 is 6.82. The van der Waals surface area contributed by atoms with Crippen LogP contribution in [0, 0.1) is 5.82 Å². The van der Waals surface area contributed by atoms with Crippen LogP contribution in [0.3, 0.4) is 0 Å². The largest absolute Gasteiger partial charge is 0.507 e. The molecule has 0 saturated carbocycles. The number of fused-ring (bicyclic) bond motifs is 1. The van der Waals surface area contributed by atoms with Gasteiger partial charge in [0.2, 0.25) is 0 Å². The normalized spacial score (nSPS) is 15.9. The maximum atomic E-state index is 15.2. The molecule has 5 rings (SSSR count). The van der Waals surface area contributed by atoms with Crippen LogP contribution < -0.4 is 10.6 Å². The van der Waals surface area contributed by atoms with Crippen LogP contribution in [0.15, 0.2) is 53.3 Å².